The number of esters is 1. The summed E-state index contributed by atoms with van der Waals surface area (Å²) in [6.07, 6.45) is -1.32. The fourth-order valence-corrected chi connectivity index (χ4v) is 1.94. The monoisotopic (exact) mass is 243 g/mol. The predicted octanol–water partition coefficient (Wildman–Crippen LogP) is 0.320. The highest BCUT2D eigenvalue weighted by molar-refractivity contribution is 7.12. The van der Waals surface area contributed by atoms with Crippen molar-refractivity contribution in [1.29, 1.82) is 0 Å². The quantitative estimate of drug-likeness (QED) is 0.747. The third-order valence-corrected chi connectivity index (χ3v) is 3.01. The van der Waals surface area contributed by atoms with E-state index in [-0.39, 0.29) is 12.5 Å². The molecule has 6 heteroatoms. The molecule has 0 spiro atoms. The molecule has 0 bridgehead atoms. The molecule has 0 aliphatic carbocycles. The van der Waals surface area contributed by atoms with E-state index in [1.807, 2.05) is 13.0 Å². The maximum Gasteiger partial charge on any atom is 0.336 e. The Morgan fingerprint density at radius 1 is 1.62 bits per heavy atom. The Morgan fingerprint density at radius 3 is 2.81 bits per heavy atom. The van der Waals surface area contributed by atoms with Gasteiger partial charge in [0, 0.05) is 0 Å². The third kappa shape index (κ3) is 3.04. The van der Waals surface area contributed by atoms with E-state index in [2.05, 4.69) is 10.1 Å². The minimum absolute atomic E-state index is 0.150. The van der Waals surface area contributed by atoms with Gasteiger partial charge in [0.15, 0.2) is 6.10 Å². The Morgan fingerprint density at radius 2 is 2.31 bits per heavy atom. The topological polar surface area (TPSA) is 75.6 Å². The first-order chi connectivity index (χ1) is 7.56. The van der Waals surface area contributed by atoms with Crippen LogP contribution in [0, 0.1) is 6.92 Å². The van der Waals surface area contributed by atoms with Crippen LogP contribution in [0.1, 0.15) is 15.2 Å². The lowest BCUT2D eigenvalue weighted by Crippen LogP contribution is -2.37. The fourth-order valence-electron chi connectivity index (χ4n) is 1.09. The highest BCUT2D eigenvalue weighted by Gasteiger charge is 2.17. The summed E-state index contributed by atoms with van der Waals surface area (Å²) in [5.41, 5.74) is 0.870. The van der Waals surface area contributed by atoms with Crippen LogP contribution < -0.4 is 5.32 Å². The van der Waals surface area contributed by atoms with Crippen molar-refractivity contribution in [3.05, 3.63) is 21.9 Å². The second kappa shape index (κ2) is 5.62. The number of nitrogens with one attached hydrogen (secondary N) is 1. The van der Waals surface area contributed by atoms with Gasteiger partial charge in [-0.2, -0.15) is 0 Å². The van der Waals surface area contributed by atoms with Gasteiger partial charge in [-0.25, -0.2) is 4.79 Å². The summed E-state index contributed by atoms with van der Waals surface area (Å²) in [6.45, 7) is 1.67. The molecule has 1 unspecified atom stereocenters. The van der Waals surface area contributed by atoms with Gasteiger partial charge in [0.25, 0.3) is 5.91 Å². The zero-order chi connectivity index (χ0) is 12.1. The molecule has 1 atom stereocenters. The van der Waals surface area contributed by atoms with E-state index in [4.69, 9.17) is 0 Å². The van der Waals surface area contributed by atoms with E-state index in [0.29, 0.717) is 4.88 Å². The van der Waals surface area contributed by atoms with Crippen molar-refractivity contribution in [3.8, 4) is 0 Å². The number of aliphatic hydroxyl groups is 1. The average molecular weight is 243 g/mol. The lowest BCUT2D eigenvalue weighted by Gasteiger charge is -2.09. The molecule has 0 saturated heterocycles. The second-order valence-corrected chi connectivity index (χ2v) is 4.10. The van der Waals surface area contributed by atoms with Crippen LogP contribution in [0.2, 0.25) is 0 Å². The summed E-state index contributed by atoms with van der Waals surface area (Å²) in [7, 11) is 1.18. The van der Waals surface area contributed by atoms with Crippen molar-refractivity contribution in [1.82, 2.24) is 5.32 Å². The fraction of sp³-hybridized carbons (Fsp3) is 0.400. The summed E-state index contributed by atoms with van der Waals surface area (Å²) in [6, 6.07) is 1.83. The maximum absolute atomic E-state index is 11.6. The van der Waals surface area contributed by atoms with Crippen molar-refractivity contribution in [3.63, 3.8) is 0 Å². The van der Waals surface area contributed by atoms with Gasteiger partial charge < -0.3 is 15.2 Å². The number of hydrogen-bond donors (Lipinski definition) is 2. The third-order valence-electron chi connectivity index (χ3n) is 2.00. The number of thiophene rings is 1. The SMILES string of the molecule is COC(=O)C(O)CNC(=O)c1sccc1C. The normalized spacial score (nSPS) is 11.9. The largest absolute Gasteiger partial charge is 0.467 e. The van der Waals surface area contributed by atoms with Crippen molar-refractivity contribution >= 4 is 23.2 Å². The summed E-state index contributed by atoms with van der Waals surface area (Å²) >= 11 is 1.31. The number of carbonyl (C=O) groups is 2. The van der Waals surface area contributed by atoms with Gasteiger partial charge in [-0.3, -0.25) is 4.79 Å². The molecule has 1 heterocycles. The van der Waals surface area contributed by atoms with Crippen LogP contribution in [0.4, 0.5) is 0 Å². The Kier molecular flexibility index (Phi) is 4.45. The zero-order valence-corrected chi connectivity index (χ0v) is 9.84. The molecule has 1 aromatic rings. The van der Waals surface area contributed by atoms with Crippen LogP contribution in [0.5, 0.6) is 0 Å². The number of aryl methyl sites for hydroxylation is 1. The van der Waals surface area contributed by atoms with Gasteiger partial charge in [0.1, 0.15) is 0 Å². The molecular weight excluding hydrogens is 230 g/mol. The lowest BCUT2D eigenvalue weighted by atomic mass is 10.3. The minimum atomic E-state index is -1.32. The van der Waals surface area contributed by atoms with Gasteiger partial charge >= 0.3 is 5.97 Å². The van der Waals surface area contributed by atoms with Crippen molar-refractivity contribution < 1.29 is 19.4 Å². The number of methoxy groups -OCH3 is 1. The lowest BCUT2D eigenvalue weighted by molar-refractivity contribution is -0.149. The summed E-state index contributed by atoms with van der Waals surface area (Å²) in [4.78, 5) is 23.0. The predicted molar refractivity (Wildman–Crippen MR) is 59.4 cm³/mol. The van der Waals surface area contributed by atoms with Crippen LogP contribution in [0.3, 0.4) is 0 Å². The molecule has 5 nitrogen and oxygen atoms in total. The number of hydrogen-bond acceptors (Lipinski definition) is 5. The van der Waals surface area contributed by atoms with E-state index in [1.54, 1.807) is 5.38 Å². The van der Waals surface area contributed by atoms with Gasteiger partial charge in [-0.15, -0.1) is 11.3 Å². The summed E-state index contributed by atoms with van der Waals surface area (Å²) in [5, 5.41) is 13.5. The highest BCUT2D eigenvalue weighted by Crippen LogP contribution is 2.14. The molecule has 88 valence electrons. The van der Waals surface area contributed by atoms with Gasteiger partial charge in [0.2, 0.25) is 0 Å². The van der Waals surface area contributed by atoms with E-state index in [1.165, 1.54) is 18.4 Å². The molecule has 2 N–H and O–H groups in total. The molecule has 0 fully saturated rings. The number of rotatable bonds is 4. The van der Waals surface area contributed by atoms with E-state index >= 15 is 0 Å². The van der Waals surface area contributed by atoms with Crippen LogP contribution in [-0.4, -0.2) is 36.7 Å². The number of ether oxygens (including phenoxy) is 1. The van der Waals surface area contributed by atoms with Gasteiger partial charge in [-0.1, -0.05) is 0 Å². The summed E-state index contributed by atoms with van der Waals surface area (Å²) in [5.74, 6) is -1.06. The van der Waals surface area contributed by atoms with Crippen LogP contribution in [0.15, 0.2) is 11.4 Å². The molecule has 1 rings (SSSR count). The van der Waals surface area contributed by atoms with E-state index in [9.17, 15) is 14.7 Å². The van der Waals surface area contributed by atoms with Crippen molar-refractivity contribution in [2.75, 3.05) is 13.7 Å². The molecule has 1 amide bonds. The van der Waals surface area contributed by atoms with Crippen molar-refractivity contribution in [2.45, 2.75) is 13.0 Å². The van der Waals surface area contributed by atoms with E-state index < -0.39 is 12.1 Å². The highest BCUT2D eigenvalue weighted by atomic mass is 32.1. The zero-order valence-electron chi connectivity index (χ0n) is 9.02. The first-order valence-corrected chi connectivity index (χ1v) is 5.52. The number of aliphatic hydroxyl groups excluding tert-OH is 1. The molecule has 0 radical (unpaired) electrons. The number of amides is 1. The first-order valence-electron chi connectivity index (χ1n) is 4.64. The second-order valence-electron chi connectivity index (χ2n) is 3.18. The molecule has 0 aliphatic heterocycles. The maximum atomic E-state index is 11.6. The molecule has 0 saturated carbocycles. The standard InChI is InChI=1S/C10H13NO4S/c1-6-3-4-16-8(6)9(13)11-5-7(12)10(14)15-2/h3-4,7,12H,5H2,1-2H3,(H,11,13). The Bertz CT molecular complexity index is 388. The minimum Gasteiger partial charge on any atom is -0.467 e. The van der Waals surface area contributed by atoms with Gasteiger partial charge in [0.05, 0.1) is 18.5 Å². The molecule has 0 aromatic carbocycles. The molecule has 16 heavy (non-hydrogen) atoms. The van der Waals surface area contributed by atoms with Crippen molar-refractivity contribution in [2.24, 2.45) is 0 Å². The molecular formula is C10H13NO4S. The molecule has 1 aromatic heterocycles. The molecule has 0 aliphatic rings. The first kappa shape index (κ1) is 12.7. The Hall–Kier alpha value is -1.40. The van der Waals surface area contributed by atoms with E-state index in [0.717, 1.165) is 5.56 Å². The smallest absolute Gasteiger partial charge is 0.336 e. The number of carbonyl (C=O) groups excluding carboxylic acids is 2. The van der Waals surface area contributed by atoms with Crippen LogP contribution >= 0.6 is 11.3 Å². The Labute approximate surface area is 97.0 Å². The summed E-state index contributed by atoms with van der Waals surface area (Å²) < 4.78 is 4.32. The Balaban J connectivity index is 2.48. The van der Waals surface area contributed by atoms with Crippen LogP contribution in [-0.2, 0) is 9.53 Å². The van der Waals surface area contributed by atoms with Crippen LogP contribution in [0.25, 0.3) is 0 Å². The van der Waals surface area contributed by atoms with Gasteiger partial charge in [-0.05, 0) is 23.9 Å². The average Bonchev–Trinajstić information content (AvgIpc) is 2.70.